The van der Waals surface area contributed by atoms with Gasteiger partial charge in [-0.05, 0) is 12.2 Å². The van der Waals surface area contributed by atoms with E-state index in [0.717, 1.165) is 17.9 Å². The van der Waals surface area contributed by atoms with Crippen LogP contribution in [0, 0.1) is 0 Å². The Balaban J connectivity index is 2.43. The number of nitrogens with two attached hydrogens (primary N) is 1. The topological polar surface area (TPSA) is 63.3 Å². The average Bonchev–Trinajstić information content (AvgIpc) is 2.12. The summed E-state index contributed by atoms with van der Waals surface area (Å²) in [7, 11) is 0. The van der Waals surface area contributed by atoms with Crippen molar-refractivity contribution < 1.29 is 9.90 Å². The fourth-order valence-corrected chi connectivity index (χ4v) is 2.41. The van der Waals surface area contributed by atoms with E-state index in [1.165, 1.54) is 0 Å². The van der Waals surface area contributed by atoms with Crippen molar-refractivity contribution >= 4 is 17.7 Å². The number of carboxylic acid groups (broad SMARTS) is 1. The molecule has 1 rings (SSSR count). The van der Waals surface area contributed by atoms with E-state index in [0.29, 0.717) is 0 Å². The highest BCUT2D eigenvalue weighted by Crippen LogP contribution is 2.28. The number of thioether (sulfide) groups is 1. The Bertz CT molecular complexity index is 143. The lowest BCUT2D eigenvalue weighted by atomic mass is 9.96. The monoisotopic (exact) mass is 161 g/mol. The van der Waals surface area contributed by atoms with E-state index in [-0.39, 0.29) is 6.42 Å². The van der Waals surface area contributed by atoms with Crippen LogP contribution in [-0.2, 0) is 4.79 Å². The smallest absolute Gasteiger partial charge is 0.305 e. The highest BCUT2D eigenvalue weighted by molar-refractivity contribution is 7.99. The van der Waals surface area contributed by atoms with Crippen molar-refractivity contribution in [2.24, 2.45) is 5.73 Å². The number of hydrogen-bond donors (Lipinski definition) is 2. The summed E-state index contributed by atoms with van der Waals surface area (Å²) in [5, 5.41) is 8.45. The van der Waals surface area contributed by atoms with Gasteiger partial charge in [-0.1, -0.05) is 0 Å². The molecular formula is C6H11NO2S. The molecule has 58 valence electrons. The van der Waals surface area contributed by atoms with Gasteiger partial charge in [-0.25, -0.2) is 0 Å². The highest BCUT2D eigenvalue weighted by atomic mass is 32.2. The molecule has 1 aliphatic rings. The van der Waals surface area contributed by atoms with Crippen molar-refractivity contribution in [1.82, 2.24) is 0 Å². The second kappa shape index (κ2) is 2.80. The van der Waals surface area contributed by atoms with Crippen LogP contribution in [-0.4, -0.2) is 28.1 Å². The maximum Gasteiger partial charge on any atom is 0.305 e. The molecule has 0 spiro atoms. The Morgan fingerprint density at radius 1 is 1.80 bits per heavy atom. The minimum Gasteiger partial charge on any atom is -0.481 e. The molecule has 10 heavy (non-hydrogen) atoms. The molecule has 0 aromatic heterocycles. The van der Waals surface area contributed by atoms with E-state index in [1.807, 2.05) is 0 Å². The van der Waals surface area contributed by atoms with Crippen LogP contribution in [0.4, 0.5) is 0 Å². The largest absolute Gasteiger partial charge is 0.481 e. The first kappa shape index (κ1) is 7.88. The van der Waals surface area contributed by atoms with Crippen LogP contribution in [0.2, 0.25) is 0 Å². The Labute approximate surface area is 64.0 Å². The molecule has 3 N–H and O–H groups in total. The molecule has 1 heterocycles. The van der Waals surface area contributed by atoms with Crippen LogP contribution in [0.3, 0.4) is 0 Å². The third-order valence-corrected chi connectivity index (χ3v) is 2.91. The molecule has 0 radical (unpaired) electrons. The molecule has 0 unspecified atom stereocenters. The molecule has 1 fully saturated rings. The van der Waals surface area contributed by atoms with Crippen molar-refractivity contribution in [2.75, 3.05) is 11.5 Å². The van der Waals surface area contributed by atoms with Crippen molar-refractivity contribution in [3.63, 3.8) is 0 Å². The molecule has 0 aromatic rings. The summed E-state index contributed by atoms with van der Waals surface area (Å²) in [6.07, 6.45) is 0.948. The van der Waals surface area contributed by atoms with Gasteiger partial charge < -0.3 is 10.8 Å². The molecular weight excluding hydrogens is 150 g/mol. The summed E-state index contributed by atoms with van der Waals surface area (Å²) < 4.78 is 0. The number of hydrogen-bond acceptors (Lipinski definition) is 3. The number of rotatable bonds is 2. The molecule has 0 aliphatic carbocycles. The van der Waals surface area contributed by atoms with Gasteiger partial charge in [-0.15, -0.1) is 0 Å². The van der Waals surface area contributed by atoms with Gasteiger partial charge in [0.15, 0.2) is 0 Å². The predicted molar refractivity (Wildman–Crippen MR) is 41.1 cm³/mol. The van der Waals surface area contributed by atoms with E-state index in [2.05, 4.69) is 0 Å². The Hall–Kier alpha value is -0.220. The molecule has 1 atom stereocenters. The lowest BCUT2D eigenvalue weighted by molar-refractivity contribution is -0.138. The number of aliphatic carboxylic acids is 1. The van der Waals surface area contributed by atoms with Crippen molar-refractivity contribution in [3.05, 3.63) is 0 Å². The highest BCUT2D eigenvalue weighted by Gasteiger charge is 2.31. The first-order valence-corrected chi connectivity index (χ1v) is 4.36. The van der Waals surface area contributed by atoms with Gasteiger partial charge in [0, 0.05) is 11.3 Å². The van der Waals surface area contributed by atoms with Gasteiger partial charge in [-0.2, -0.15) is 11.8 Å². The molecule has 0 aromatic carbocycles. The minimum absolute atomic E-state index is 0.111. The van der Waals surface area contributed by atoms with Gasteiger partial charge in [0.25, 0.3) is 0 Å². The zero-order valence-corrected chi connectivity index (χ0v) is 6.49. The normalized spacial score (nSPS) is 32.5. The zero-order valence-electron chi connectivity index (χ0n) is 5.67. The van der Waals surface area contributed by atoms with Gasteiger partial charge in [0.05, 0.1) is 6.42 Å². The van der Waals surface area contributed by atoms with Gasteiger partial charge in [0.2, 0.25) is 0 Å². The molecule has 3 nitrogen and oxygen atoms in total. The Morgan fingerprint density at radius 3 is 2.90 bits per heavy atom. The van der Waals surface area contributed by atoms with Crippen LogP contribution in [0.5, 0.6) is 0 Å². The van der Waals surface area contributed by atoms with Crippen LogP contribution in [0.15, 0.2) is 0 Å². The molecule has 0 bridgehead atoms. The van der Waals surface area contributed by atoms with E-state index in [9.17, 15) is 4.79 Å². The van der Waals surface area contributed by atoms with E-state index >= 15 is 0 Å². The minimum atomic E-state index is -0.787. The third-order valence-electron chi connectivity index (χ3n) is 1.64. The molecule has 0 saturated carbocycles. The second-order valence-corrected chi connectivity index (χ2v) is 3.84. The summed E-state index contributed by atoms with van der Waals surface area (Å²) in [4.78, 5) is 10.3. The second-order valence-electron chi connectivity index (χ2n) is 2.74. The van der Waals surface area contributed by atoms with Gasteiger partial charge in [-0.3, -0.25) is 4.79 Å². The van der Waals surface area contributed by atoms with Crippen LogP contribution in [0.1, 0.15) is 12.8 Å². The van der Waals surface area contributed by atoms with Crippen LogP contribution >= 0.6 is 11.8 Å². The van der Waals surface area contributed by atoms with Crippen molar-refractivity contribution in [3.8, 4) is 0 Å². The fourth-order valence-electron chi connectivity index (χ4n) is 1.06. The molecule has 4 heteroatoms. The summed E-state index contributed by atoms with van der Waals surface area (Å²) in [6.45, 7) is 0. The zero-order chi connectivity index (χ0) is 7.61. The maximum absolute atomic E-state index is 10.3. The first-order valence-electron chi connectivity index (χ1n) is 3.21. The lowest BCUT2D eigenvalue weighted by Crippen LogP contribution is -2.41. The summed E-state index contributed by atoms with van der Waals surface area (Å²) in [5.41, 5.74) is 5.34. The Kier molecular flexibility index (Phi) is 2.21. The maximum atomic E-state index is 10.3. The third kappa shape index (κ3) is 1.88. The summed E-state index contributed by atoms with van der Waals surface area (Å²) in [6, 6.07) is 0. The number of carbonyl (C=O) groups is 1. The van der Waals surface area contributed by atoms with E-state index in [4.69, 9.17) is 10.8 Å². The van der Waals surface area contributed by atoms with E-state index < -0.39 is 11.5 Å². The molecule has 1 aliphatic heterocycles. The van der Waals surface area contributed by atoms with Crippen molar-refractivity contribution in [2.45, 2.75) is 18.4 Å². The summed E-state index contributed by atoms with van der Waals surface area (Å²) in [5.74, 6) is 1.01. The average molecular weight is 161 g/mol. The van der Waals surface area contributed by atoms with Gasteiger partial charge in [0.1, 0.15) is 0 Å². The van der Waals surface area contributed by atoms with Crippen LogP contribution < -0.4 is 5.73 Å². The standard InChI is InChI=1S/C6H11NO2S/c7-6(3-5(8)9)1-2-10-4-6/h1-4,7H2,(H,8,9)/t6-/m0/s1. The molecule has 1 saturated heterocycles. The SMILES string of the molecule is N[C@]1(CC(=O)O)CCSC1. The predicted octanol–water partition coefficient (Wildman–Crippen LogP) is 0.295. The quantitative estimate of drug-likeness (QED) is 0.611. The summed E-state index contributed by atoms with van der Waals surface area (Å²) >= 11 is 1.73. The first-order chi connectivity index (χ1) is 4.62. The fraction of sp³-hybridized carbons (Fsp3) is 0.833. The Morgan fingerprint density at radius 2 is 2.50 bits per heavy atom. The van der Waals surface area contributed by atoms with Gasteiger partial charge >= 0.3 is 5.97 Å². The van der Waals surface area contributed by atoms with Crippen LogP contribution in [0.25, 0.3) is 0 Å². The number of carboxylic acids is 1. The molecule has 0 amide bonds. The van der Waals surface area contributed by atoms with Crippen molar-refractivity contribution in [1.29, 1.82) is 0 Å². The lowest BCUT2D eigenvalue weighted by Gasteiger charge is -2.18. The van der Waals surface area contributed by atoms with E-state index in [1.54, 1.807) is 11.8 Å².